The van der Waals surface area contributed by atoms with E-state index < -0.39 is 66.4 Å². The number of halogens is 6. The standard InChI is InChI=1S/C10H3F6NO4S/c11-3-2-1(5(13)9(21-17)7(3)15)4(12)8(16)10(6(2)14)22(18,19)20/h17H2,(H,18,19,20). The van der Waals surface area contributed by atoms with Crippen LogP contribution in [-0.4, -0.2) is 13.0 Å². The molecule has 0 spiro atoms. The quantitative estimate of drug-likeness (QED) is 0.376. The fourth-order valence-electron chi connectivity index (χ4n) is 1.80. The predicted molar refractivity (Wildman–Crippen MR) is 58.3 cm³/mol. The highest BCUT2D eigenvalue weighted by Crippen LogP contribution is 2.38. The van der Waals surface area contributed by atoms with E-state index in [0.29, 0.717) is 0 Å². The zero-order valence-corrected chi connectivity index (χ0v) is 10.7. The van der Waals surface area contributed by atoms with E-state index in [1.54, 1.807) is 0 Å². The number of benzene rings is 2. The van der Waals surface area contributed by atoms with Gasteiger partial charge in [-0.15, -0.1) is 0 Å². The molecular formula is C10H3F6NO4S. The minimum atomic E-state index is -5.69. The van der Waals surface area contributed by atoms with Crippen LogP contribution < -0.4 is 10.7 Å². The fraction of sp³-hybridized carbons (Fsp3) is 0. The molecule has 12 heteroatoms. The van der Waals surface area contributed by atoms with E-state index in [1.807, 2.05) is 0 Å². The summed E-state index contributed by atoms with van der Waals surface area (Å²) in [6, 6.07) is 0. The summed E-state index contributed by atoms with van der Waals surface area (Å²) in [5, 5.41) is -3.65. The molecule has 0 unspecified atom stereocenters. The molecule has 0 aliphatic carbocycles. The van der Waals surface area contributed by atoms with Crippen LogP contribution in [0.15, 0.2) is 4.90 Å². The lowest BCUT2D eigenvalue weighted by atomic mass is 10.1. The van der Waals surface area contributed by atoms with Gasteiger partial charge in [0.2, 0.25) is 11.6 Å². The van der Waals surface area contributed by atoms with E-state index >= 15 is 0 Å². The van der Waals surface area contributed by atoms with Crippen molar-refractivity contribution in [1.29, 1.82) is 0 Å². The molecule has 2 aromatic rings. The van der Waals surface area contributed by atoms with Gasteiger partial charge in [0, 0.05) is 0 Å². The Kier molecular flexibility index (Phi) is 3.71. The highest BCUT2D eigenvalue weighted by molar-refractivity contribution is 7.85. The number of rotatable bonds is 2. The highest BCUT2D eigenvalue weighted by Gasteiger charge is 2.34. The van der Waals surface area contributed by atoms with Crippen molar-refractivity contribution in [2.24, 2.45) is 5.90 Å². The second kappa shape index (κ2) is 5.00. The van der Waals surface area contributed by atoms with Crippen LogP contribution >= 0.6 is 0 Å². The second-order valence-electron chi connectivity index (χ2n) is 3.89. The first kappa shape index (κ1) is 16.3. The molecule has 0 heterocycles. The Bertz CT molecular complexity index is 914. The van der Waals surface area contributed by atoms with Crippen molar-refractivity contribution in [3.8, 4) is 5.75 Å². The molecule has 0 saturated carbocycles. The monoisotopic (exact) mass is 347 g/mol. The van der Waals surface area contributed by atoms with Gasteiger partial charge in [-0.05, 0) is 0 Å². The van der Waals surface area contributed by atoms with Crippen molar-refractivity contribution in [3.63, 3.8) is 0 Å². The Morgan fingerprint density at radius 3 is 1.68 bits per heavy atom. The van der Waals surface area contributed by atoms with Gasteiger partial charge in [-0.2, -0.15) is 18.7 Å². The maximum absolute atomic E-state index is 13.9. The SMILES string of the molecule is NOc1c(F)c(F)c2c(F)c(S(=O)(=O)O)c(F)c(F)c2c1F. The lowest BCUT2D eigenvalue weighted by Crippen LogP contribution is -2.13. The van der Waals surface area contributed by atoms with E-state index in [9.17, 15) is 34.8 Å². The second-order valence-corrected chi connectivity index (χ2v) is 5.24. The van der Waals surface area contributed by atoms with Gasteiger partial charge in [0.1, 0.15) is 0 Å². The van der Waals surface area contributed by atoms with Crippen LogP contribution in [0.5, 0.6) is 5.75 Å². The highest BCUT2D eigenvalue weighted by atomic mass is 32.2. The Balaban J connectivity index is 3.25. The van der Waals surface area contributed by atoms with E-state index in [2.05, 4.69) is 10.7 Å². The van der Waals surface area contributed by atoms with Crippen LogP contribution in [-0.2, 0) is 10.1 Å². The number of hydrogen-bond donors (Lipinski definition) is 2. The number of fused-ring (bicyclic) bond motifs is 1. The van der Waals surface area contributed by atoms with Crippen molar-refractivity contribution >= 4 is 20.9 Å². The number of hydrogen-bond acceptors (Lipinski definition) is 4. The van der Waals surface area contributed by atoms with Gasteiger partial charge in [-0.3, -0.25) is 4.55 Å². The van der Waals surface area contributed by atoms with Gasteiger partial charge in [0.25, 0.3) is 0 Å². The summed E-state index contributed by atoms with van der Waals surface area (Å²) in [6.45, 7) is 0. The smallest absolute Gasteiger partial charge is 0.300 e. The Morgan fingerprint density at radius 2 is 1.23 bits per heavy atom. The van der Waals surface area contributed by atoms with Crippen LogP contribution in [0.1, 0.15) is 0 Å². The van der Waals surface area contributed by atoms with Crippen LogP contribution in [0, 0.1) is 34.9 Å². The van der Waals surface area contributed by atoms with Gasteiger partial charge in [0.05, 0.1) is 10.8 Å². The third-order valence-electron chi connectivity index (χ3n) is 2.69. The average Bonchev–Trinajstić information content (AvgIpc) is 2.39. The molecule has 0 fully saturated rings. The Labute approximate surface area is 117 Å². The van der Waals surface area contributed by atoms with Crippen LogP contribution in [0.3, 0.4) is 0 Å². The van der Waals surface area contributed by atoms with E-state index in [-0.39, 0.29) is 0 Å². The Hall–Kier alpha value is -2.05. The molecule has 0 bridgehead atoms. The maximum atomic E-state index is 13.9. The van der Waals surface area contributed by atoms with Gasteiger partial charge in [0.15, 0.2) is 34.0 Å². The first-order valence-electron chi connectivity index (χ1n) is 5.04. The van der Waals surface area contributed by atoms with Gasteiger partial charge < -0.3 is 4.84 Å². The maximum Gasteiger partial charge on any atom is 0.300 e. The third kappa shape index (κ3) is 2.07. The Morgan fingerprint density at radius 1 is 0.773 bits per heavy atom. The molecule has 0 saturated heterocycles. The normalized spacial score (nSPS) is 12.0. The fourth-order valence-corrected chi connectivity index (χ4v) is 2.44. The largest absolute Gasteiger partial charge is 0.405 e. The van der Waals surface area contributed by atoms with Crippen molar-refractivity contribution in [1.82, 2.24) is 0 Å². The van der Waals surface area contributed by atoms with Crippen molar-refractivity contribution < 1.29 is 44.2 Å². The molecule has 0 amide bonds. The van der Waals surface area contributed by atoms with E-state index in [1.165, 1.54) is 0 Å². The minimum Gasteiger partial charge on any atom is -0.405 e. The molecule has 3 N–H and O–H groups in total. The summed E-state index contributed by atoms with van der Waals surface area (Å²) >= 11 is 0. The summed E-state index contributed by atoms with van der Waals surface area (Å²) in [6.07, 6.45) is 0. The van der Waals surface area contributed by atoms with Crippen molar-refractivity contribution in [3.05, 3.63) is 34.9 Å². The van der Waals surface area contributed by atoms with E-state index in [4.69, 9.17) is 4.55 Å². The lowest BCUT2D eigenvalue weighted by molar-refractivity contribution is 0.291. The van der Waals surface area contributed by atoms with Gasteiger partial charge >= 0.3 is 10.1 Å². The first-order valence-corrected chi connectivity index (χ1v) is 6.48. The summed E-state index contributed by atoms with van der Waals surface area (Å²) < 4.78 is 112. The minimum absolute atomic E-state index is 1.68. The molecule has 22 heavy (non-hydrogen) atoms. The third-order valence-corrected chi connectivity index (χ3v) is 3.56. The first-order chi connectivity index (χ1) is 10.0. The molecule has 120 valence electrons. The van der Waals surface area contributed by atoms with Gasteiger partial charge in [-0.25, -0.2) is 22.0 Å². The van der Waals surface area contributed by atoms with E-state index in [0.717, 1.165) is 0 Å². The zero-order chi connectivity index (χ0) is 17.0. The van der Waals surface area contributed by atoms with Crippen LogP contribution in [0.2, 0.25) is 0 Å². The average molecular weight is 347 g/mol. The molecule has 2 rings (SSSR count). The predicted octanol–water partition coefficient (Wildman–Crippen LogP) is 2.17. The van der Waals surface area contributed by atoms with Gasteiger partial charge in [-0.1, -0.05) is 0 Å². The molecule has 0 atom stereocenters. The summed E-state index contributed by atoms with van der Waals surface area (Å²) in [5.74, 6) is -11.2. The molecule has 0 aliphatic rings. The topological polar surface area (TPSA) is 89.6 Å². The van der Waals surface area contributed by atoms with Crippen molar-refractivity contribution in [2.45, 2.75) is 4.90 Å². The zero-order valence-electron chi connectivity index (χ0n) is 9.93. The van der Waals surface area contributed by atoms with Crippen molar-refractivity contribution in [2.75, 3.05) is 0 Å². The molecule has 0 aliphatic heterocycles. The molecule has 0 aromatic heterocycles. The van der Waals surface area contributed by atoms with Crippen LogP contribution in [0.4, 0.5) is 26.3 Å². The molecule has 2 aromatic carbocycles. The van der Waals surface area contributed by atoms with Crippen LogP contribution in [0.25, 0.3) is 10.8 Å². The molecular weight excluding hydrogens is 344 g/mol. The summed E-state index contributed by atoms with van der Waals surface area (Å²) in [7, 11) is -5.69. The molecule has 0 radical (unpaired) electrons. The summed E-state index contributed by atoms with van der Waals surface area (Å²) in [5.41, 5.74) is 0. The molecule has 5 nitrogen and oxygen atoms in total. The summed E-state index contributed by atoms with van der Waals surface area (Å²) in [4.78, 5) is 1.33. The lowest BCUT2D eigenvalue weighted by Gasteiger charge is -2.12. The number of nitrogens with two attached hydrogens (primary N) is 1.